The Hall–Kier alpha value is -0.610. The van der Waals surface area contributed by atoms with Crippen LogP contribution in [-0.2, 0) is 9.53 Å². The fourth-order valence-corrected chi connectivity index (χ4v) is 3.07. The maximum atomic E-state index is 11.7. The van der Waals surface area contributed by atoms with Crippen LogP contribution < -0.4 is 0 Å². The van der Waals surface area contributed by atoms with Crippen molar-refractivity contribution in [2.45, 2.75) is 50.7 Å². The van der Waals surface area contributed by atoms with E-state index in [0.29, 0.717) is 19.4 Å². The Morgan fingerprint density at radius 3 is 2.44 bits per heavy atom. The van der Waals surface area contributed by atoms with Gasteiger partial charge in [0.2, 0.25) is 0 Å². The highest BCUT2D eigenvalue weighted by Gasteiger charge is 2.51. The van der Waals surface area contributed by atoms with Gasteiger partial charge in [-0.05, 0) is 46.2 Å². The molecule has 4 nitrogen and oxygen atoms in total. The maximum absolute atomic E-state index is 11.7. The molecular formula is C12H21NO3. The van der Waals surface area contributed by atoms with Gasteiger partial charge >= 0.3 is 5.97 Å². The molecule has 2 heterocycles. The van der Waals surface area contributed by atoms with Crippen molar-refractivity contribution in [1.82, 2.24) is 4.90 Å². The highest BCUT2D eigenvalue weighted by atomic mass is 16.5. The number of carboxylic acids is 1. The van der Waals surface area contributed by atoms with Gasteiger partial charge in [-0.15, -0.1) is 0 Å². The van der Waals surface area contributed by atoms with Crippen molar-refractivity contribution in [1.29, 1.82) is 0 Å². The molecule has 0 radical (unpaired) electrons. The smallest absolute Gasteiger partial charge is 0.324 e. The molecule has 1 atom stereocenters. The van der Waals surface area contributed by atoms with Crippen LogP contribution in [0.25, 0.3) is 0 Å². The minimum Gasteiger partial charge on any atom is -0.480 e. The Labute approximate surface area is 96.6 Å². The van der Waals surface area contributed by atoms with Gasteiger partial charge in [-0.1, -0.05) is 0 Å². The number of hydrogen-bond acceptors (Lipinski definition) is 3. The molecule has 0 aromatic rings. The molecule has 0 aromatic carbocycles. The summed E-state index contributed by atoms with van der Waals surface area (Å²) in [7, 11) is 0. The van der Waals surface area contributed by atoms with Crippen LogP contribution in [0.1, 0.15) is 39.5 Å². The summed E-state index contributed by atoms with van der Waals surface area (Å²) in [5.41, 5.74) is -1.00. The topological polar surface area (TPSA) is 49.8 Å². The normalized spacial score (nSPS) is 35.1. The van der Waals surface area contributed by atoms with E-state index >= 15 is 0 Å². The van der Waals surface area contributed by atoms with E-state index in [1.54, 1.807) is 0 Å². The predicted molar refractivity (Wildman–Crippen MR) is 60.4 cm³/mol. The number of carbonyl (C=O) groups is 1. The SMILES string of the molecule is CC1(C)CC(C(=O)O)(N2CCCC2)CCO1. The molecule has 2 aliphatic rings. The molecule has 92 valence electrons. The third kappa shape index (κ3) is 1.96. The third-order valence-corrected chi connectivity index (χ3v) is 3.84. The lowest BCUT2D eigenvalue weighted by molar-refractivity contribution is -0.170. The summed E-state index contributed by atoms with van der Waals surface area (Å²) in [6, 6.07) is 0. The highest BCUT2D eigenvalue weighted by Crippen LogP contribution is 2.38. The van der Waals surface area contributed by atoms with Gasteiger partial charge in [0.05, 0.1) is 5.60 Å². The standard InChI is InChI=1S/C12H21NO3/c1-11(2)9-12(10(14)15,5-8-16-11)13-6-3-4-7-13/h3-9H2,1-2H3,(H,14,15). The first kappa shape index (κ1) is 11.9. The second kappa shape index (κ2) is 4.00. The second-order valence-corrected chi connectivity index (χ2v) is 5.57. The van der Waals surface area contributed by atoms with Crippen LogP contribution >= 0.6 is 0 Å². The maximum Gasteiger partial charge on any atom is 0.324 e. The Morgan fingerprint density at radius 2 is 1.94 bits per heavy atom. The van der Waals surface area contributed by atoms with Crippen LogP contribution in [0.5, 0.6) is 0 Å². The zero-order valence-corrected chi connectivity index (χ0v) is 10.2. The minimum absolute atomic E-state index is 0.320. The quantitative estimate of drug-likeness (QED) is 0.776. The van der Waals surface area contributed by atoms with E-state index in [-0.39, 0.29) is 5.60 Å². The summed E-state index contributed by atoms with van der Waals surface area (Å²) >= 11 is 0. The molecule has 4 heteroatoms. The van der Waals surface area contributed by atoms with Crippen LogP contribution in [-0.4, -0.2) is 46.8 Å². The van der Waals surface area contributed by atoms with Crippen LogP contribution in [0.3, 0.4) is 0 Å². The molecule has 1 N–H and O–H groups in total. The lowest BCUT2D eigenvalue weighted by Gasteiger charge is -2.46. The minimum atomic E-state index is -0.682. The number of aliphatic carboxylic acids is 1. The zero-order chi connectivity index (χ0) is 11.8. The molecule has 0 saturated carbocycles. The predicted octanol–water partition coefficient (Wildman–Crippen LogP) is 1.49. The molecule has 1 unspecified atom stereocenters. The Kier molecular flexibility index (Phi) is 2.97. The zero-order valence-electron chi connectivity index (χ0n) is 10.2. The summed E-state index contributed by atoms with van der Waals surface area (Å²) in [6.45, 7) is 6.36. The van der Waals surface area contributed by atoms with E-state index in [4.69, 9.17) is 4.74 Å². The van der Waals surface area contributed by atoms with E-state index in [1.807, 2.05) is 13.8 Å². The summed E-state index contributed by atoms with van der Waals surface area (Å²) in [5, 5.41) is 9.58. The van der Waals surface area contributed by atoms with Crippen molar-refractivity contribution in [3.8, 4) is 0 Å². The molecule has 16 heavy (non-hydrogen) atoms. The summed E-state index contributed by atoms with van der Waals surface area (Å²) in [5.74, 6) is -0.675. The number of ether oxygens (including phenoxy) is 1. The lowest BCUT2D eigenvalue weighted by Crippen LogP contribution is -2.60. The van der Waals surface area contributed by atoms with E-state index in [9.17, 15) is 9.90 Å². The van der Waals surface area contributed by atoms with Crippen LogP contribution in [0.4, 0.5) is 0 Å². The van der Waals surface area contributed by atoms with Gasteiger partial charge in [-0.25, -0.2) is 0 Å². The van der Waals surface area contributed by atoms with Crippen LogP contribution in [0, 0.1) is 0 Å². The molecule has 0 aliphatic carbocycles. The van der Waals surface area contributed by atoms with Gasteiger partial charge in [0.25, 0.3) is 0 Å². The van der Waals surface area contributed by atoms with Gasteiger partial charge in [-0.3, -0.25) is 9.69 Å². The molecule has 2 fully saturated rings. The second-order valence-electron chi connectivity index (χ2n) is 5.57. The molecule has 2 saturated heterocycles. The molecule has 0 spiro atoms. The van der Waals surface area contributed by atoms with E-state index in [1.165, 1.54) is 0 Å². The average molecular weight is 227 g/mol. The van der Waals surface area contributed by atoms with Gasteiger partial charge in [0.1, 0.15) is 5.54 Å². The van der Waals surface area contributed by atoms with Gasteiger partial charge in [0.15, 0.2) is 0 Å². The molecule has 0 aromatic heterocycles. The number of hydrogen-bond donors (Lipinski definition) is 1. The summed E-state index contributed by atoms with van der Waals surface area (Å²) < 4.78 is 5.64. The Bertz CT molecular complexity index is 284. The molecule has 2 rings (SSSR count). The van der Waals surface area contributed by atoms with Gasteiger partial charge in [-0.2, -0.15) is 0 Å². The number of rotatable bonds is 2. The highest BCUT2D eigenvalue weighted by molar-refractivity contribution is 5.79. The number of carboxylic acid groups (broad SMARTS) is 1. The van der Waals surface area contributed by atoms with Crippen molar-refractivity contribution in [2.75, 3.05) is 19.7 Å². The van der Waals surface area contributed by atoms with Crippen LogP contribution in [0.2, 0.25) is 0 Å². The Morgan fingerprint density at radius 1 is 1.31 bits per heavy atom. The van der Waals surface area contributed by atoms with Crippen molar-refractivity contribution < 1.29 is 14.6 Å². The summed E-state index contributed by atoms with van der Waals surface area (Å²) in [6.07, 6.45) is 3.45. The van der Waals surface area contributed by atoms with Crippen molar-refractivity contribution >= 4 is 5.97 Å². The van der Waals surface area contributed by atoms with Crippen molar-refractivity contribution in [3.05, 3.63) is 0 Å². The first-order chi connectivity index (χ1) is 7.46. The molecule has 0 amide bonds. The monoisotopic (exact) mass is 227 g/mol. The van der Waals surface area contributed by atoms with E-state index in [2.05, 4.69) is 4.90 Å². The number of nitrogens with zero attached hydrogens (tertiary/aromatic N) is 1. The van der Waals surface area contributed by atoms with Crippen molar-refractivity contribution in [2.24, 2.45) is 0 Å². The number of likely N-dealkylation sites (tertiary alicyclic amines) is 1. The first-order valence-corrected chi connectivity index (χ1v) is 6.09. The molecule has 2 aliphatic heterocycles. The Balaban J connectivity index is 2.24. The van der Waals surface area contributed by atoms with Gasteiger partial charge < -0.3 is 9.84 Å². The molecular weight excluding hydrogens is 206 g/mol. The lowest BCUT2D eigenvalue weighted by atomic mass is 9.80. The fourth-order valence-electron chi connectivity index (χ4n) is 3.07. The fraction of sp³-hybridized carbons (Fsp3) is 0.917. The average Bonchev–Trinajstić information content (AvgIpc) is 2.68. The largest absolute Gasteiger partial charge is 0.480 e. The van der Waals surface area contributed by atoms with E-state index < -0.39 is 11.5 Å². The molecule has 0 bridgehead atoms. The van der Waals surface area contributed by atoms with Gasteiger partial charge in [0, 0.05) is 13.0 Å². The van der Waals surface area contributed by atoms with Crippen molar-refractivity contribution in [3.63, 3.8) is 0 Å². The summed E-state index contributed by atoms with van der Waals surface area (Å²) in [4.78, 5) is 13.8. The first-order valence-electron chi connectivity index (χ1n) is 6.09. The van der Waals surface area contributed by atoms with E-state index in [0.717, 1.165) is 25.9 Å². The van der Waals surface area contributed by atoms with Crippen LogP contribution in [0.15, 0.2) is 0 Å². The third-order valence-electron chi connectivity index (χ3n) is 3.84.